The first-order valence-electron chi connectivity index (χ1n) is 9.19. The highest BCUT2D eigenvalue weighted by atomic mass is 16.7. The fourth-order valence-electron chi connectivity index (χ4n) is 3.81. The van der Waals surface area contributed by atoms with E-state index in [9.17, 15) is 0 Å². The molecule has 2 atom stereocenters. The van der Waals surface area contributed by atoms with E-state index < -0.39 is 11.3 Å². The van der Waals surface area contributed by atoms with Gasteiger partial charge in [0.1, 0.15) is 0 Å². The Bertz CT molecular complexity index is 1090. The molecule has 0 radical (unpaired) electrons. The molecule has 0 aromatic heterocycles. The molecule has 2 aliphatic rings. The van der Waals surface area contributed by atoms with E-state index in [0.717, 1.165) is 22.3 Å². The summed E-state index contributed by atoms with van der Waals surface area (Å²) in [6.07, 6.45) is 2.79. The van der Waals surface area contributed by atoms with Crippen molar-refractivity contribution in [3.63, 3.8) is 0 Å². The zero-order chi connectivity index (χ0) is 19.7. The maximum atomic E-state index is 6.54. The molecule has 2 heterocycles. The van der Waals surface area contributed by atoms with E-state index >= 15 is 0 Å². The van der Waals surface area contributed by atoms with Crippen LogP contribution in [0.25, 0.3) is 0 Å². The summed E-state index contributed by atoms with van der Waals surface area (Å²) in [6, 6.07) is 25.5. The fourth-order valence-corrected chi connectivity index (χ4v) is 3.81. The number of benzene rings is 3. The predicted octanol–water partition coefficient (Wildman–Crippen LogP) is 2.80. The van der Waals surface area contributed by atoms with Crippen molar-refractivity contribution in [1.82, 2.24) is 11.0 Å². The van der Waals surface area contributed by atoms with Gasteiger partial charge in [0.05, 0.1) is 0 Å². The van der Waals surface area contributed by atoms with Crippen LogP contribution in [0.2, 0.25) is 0 Å². The number of aliphatic imine (C=N–C) groups is 2. The summed E-state index contributed by atoms with van der Waals surface area (Å²) in [7, 11) is 0. The van der Waals surface area contributed by atoms with E-state index in [0.29, 0.717) is 5.69 Å². The van der Waals surface area contributed by atoms with Crippen LogP contribution in [0.3, 0.4) is 0 Å². The second-order valence-corrected chi connectivity index (χ2v) is 6.86. The molecule has 0 fully saturated rings. The minimum Gasteiger partial charge on any atom is -0.398 e. The molecular weight excluding hydrogens is 366 g/mol. The van der Waals surface area contributed by atoms with Gasteiger partial charge in [-0.15, -0.1) is 11.0 Å². The molecule has 4 N–H and O–H groups in total. The third-order valence-electron chi connectivity index (χ3n) is 5.25. The second kappa shape index (κ2) is 6.73. The number of nitrogens with zero attached hydrogens (tertiary/aromatic N) is 2. The predicted molar refractivity (Wildman–Crippen MR) is 111 cm³/mol. The van der Waals surface area contributed by atoms with Crippen molar-refractivity contribution in [3.8, 4) is 0 Å². The molecule has 7 heteroatoms. The summed E-state index contributed by atoms with van der Waals surface area (Å²) in [4.78, 5) is 19.7. The van der Waals surface area contributed by atoms with Gasteiger partial charge >= 0.3 is 0 Å². The van der Waals surface area contributed by atoms with Gasteiger partial charge in [0.25, 0.3) is 0 Å². The molecule has 29 heavy (non-hydrogen) atoms. The average Bonchev–Trinajstić information content (AvgIpc) is 3.46. The first-order chi connectivity index (χ1) is 14.2. The number of hydroxylamine groups is 2. The first-order valence-corrected chi connectivity index (χ1v) is 9.19. The Morgan fingerprint density at radius 3 is 1.72 bits per heavy atom. The van der Waals surface area contributed by atoms with Crippen LogP contribution in [-0.4, -0.2) is 12.8 Å². The molecule has 0 amide bonds. The van der Waals surface area contributed by atoms with Crippen molar-refractivity contribution in [2.45, 2.75) is 11.3 Å². The molecule has 7 nitrogen and oxygen atoms in total. The molecule has 3 aromatic rings. The topological polar surface area (TPSA) is 93.3 Å². The number of rotatable bonds is 4. The van der Waals surface area contributed by atoms with Crippen molar-refractivity contribution >= 4 is 18.5 Å². The lowest BCUT2D eigenvalue weighted by Crippen LogP contribution is -2.39. The van der Waals surface area contributed by atoms with Crippen LogP contribution in [0.1, 0.15) is 22.3 Å². The smallest absolute Gasteiger partial charge is 0.199 e. The molecular formula is C22H19N5O2. The normalized spacial score (nSPS) is 25.0. The van der Waals surface area contributed by atoms with Gasteiger partial charge in [-0.3, -0.25) is 0 Å². The highest BCUT2D eigenvalue weighted by Crippen LogP contribution is 2.40. The van der Waals surface area contributed by atoms with Gasteiger partial charge in [-0.1, -0.05) is 72.8 Å². The van der Waals surface area contributed by atoms with Crippen LogP contribution < -0.4 is 16.7 Å². The summed E-state index contributed by atoms with van der Waals surface area (Å²) < 4.78 is 0. The molecule has 144 valence electrons. The Labute approximate surface area is 167 Å². The maximum absolute atomic E-state index is 6.54. The summed E-state index contributed by atoms with van der Waals surface area (Å²) in [6.45, 7) is 0. The Kier molecular flexibility index (Phi) is 4.04. The lowest BCUT2D eigenvalue weighted by Gasteiger charge is -2.30. The van der Waals surface area contributed by atoms with Gasteiger partial charge in [0, 0.05) is 27.9 Å². The maximum Gasteiger partial charge on any atom is 0.199 e. The van der Waals surface area contributed by atoms with Gasteiger partial charge in [0.15, 0.2) is 24.1 Å². The molecule has 0 bridgehead atoms. The Morgan fingerprint density at radius 1 is 0.655 bits per heavy atom. The Morgan fingerprint density at radius 2 is 1.21 bits per heavy atom. The Balaban J connectivity index is 1.63. The quantitative estimate of drug-likeness (QED) is 0.601. The number of nitrogen functional groups attached to an aromatic ring is 1. The van der Waals surface area contributed by atoms with E-state index in [1.165, 1.54) is 12.8 Å². The molecule has 5 rings (SSSR count). The number of anilines is 1. The second-order valence-electron chi connectivity index (χ2n) is 6.86. The number of hydrogen-bond donors (Lipinski definition) is 3. The standard InChI is InChI=1S/C22H19N5O2/c23-20-13-18(21(24-14-28-26-21)16-7-3-1-4-8-16)11-12-19(20)22(25-15-29-27-22)17-9-5-2-6-10-17/h1-15,26-27H,23H2. The van der Waals surface area contributed by atoms with E-state index in [2.05, 4.69) is 20.9 Å². The molecule has 0 spiro atoms. The highest BCUT2D eigenvalue weighted by molar-refractivity contribution is 5.63. The van der Waals surface area contributed by atoms with Crippen molar-refractivity contribution in [2.75, 3.05) is 5.73 Å². The molecule has 0 aliphatic carbocycles. The van der Waals surface area contributed by atoms with Gasteiger partial charge in [0.2, 0.25) is 0 Å². The van der Waals surface area contributed by atoms with E-state index in [1.54, 1.807) is 0 Å². The van der Waals surface area contributed by atoms with Gasteiger partial charge < -0.3 is 15.4 Å². The van der Waals surface area contributed by atoms with Crippen molar-refractivity contribution < 1.29 is 9.68 Å². The van der Waals surface area contributed by atoms with Crippen LogP contribution in [-0.2, 0) is 21.0 Å². The lowest BCUT2D eigenvalue weighted by atomic mass is 9.86. The van der Waals surface area contributed by atoms with Crippen LogP contribution in [0.4, 0.5) is 5.69 Å². The molecule has 0 saturated carbocycles. The van der Waals surface area contributed by atoms with Crippen LogP contribution in [0.5, 0.6) is 0 Å². The highest BCUT2D eigenvalue weighted by Gasteiger charge is 2.42. The molecule has 2 aliphatic heterocycles. The number of nitrogens with two attached hydrogens (primary N) is 1. The van der Waals surface area contributed by atoms with Crippen LogP contribution in [0, 0.1) is 0 Å². The van der Waals surface area contributed by atoms with Crippen molar-refractivity contribution in [3.05, 3.63) is 101 Å². The number of hydrogen-bond acceptors (Lipinski definition) is 7. The minimum absolute atomic E-state index is 0.556. The summed E-state index contributed by atoms with van der Waals surface area (Å²) in [5, 5.41) is 0. The number of nitrogens with one attached hydrogen (secondary N) is 2. The van der Waals surface area contributed by atoms with Gasteiger partial charge in [-0.25, -0.2) is 9.98 Å². The fraction of sp³-hybridized carbons (Fsp3) is 0.0909. The monoisotopic (exact) mass is 385 g/mol. The Hall–Kier alpha value is -3.68. The van der Waals surface area contributed by atoms with Gasteiger partial charge in [-0.05, 0) is 6.07 Å². The van der Waals surface area contributed by atoms with E-state index in [-0.39, 0.29) is 0 Å². The van der Waals surface area contributed by atoms with Crippen LogP contribution in [0.15, 0.2) is 88.8 Å². The van der Waals surface area contributed by atoms with E-state index in [1.807, 2.05) is 78.9 Å². The summed E-state index contributed by atoms with van der Waals surface area (Å²) >= 11 is 0. The zero-order valence-electron chi connectivity index (χ0n) is 15.4. The van der Waals surface area contributed by atoms with Crippen LogP contribution >= 0.6 is 0 Å². The van der Waals surface area contributed by atoms with Crippen molar-refractivity contribution in [2.24, 2.45) is 9.98 Å². The third-order valence-corrected chi connectivity index (χ3v) is 5.25. The molecule has 3 aromatic carbocycles. The summed E-state index contributed by atoms with van der Waals surface area (Å²) in [5.41, 5.74) is 14.8. The minimum atomic E-state index is -0.910. The lowest BCUT2D eigenvalue weighted by molar-refractivity contribution is 0.145. The SMILES string of the molecule is Nc1cc(C2(c3ccccc3)N=CON2)ccc1C1(c2ccccc2)N=CON1. The summed E-state index contributed by atoms with van der Waals surface area (Å²) in [5.74, 6) is 0. The molecule has 0 saturated heterocycles. The average molecular weight is 385 g/mol. The molecule has 2 unspecified atom stereocenters. The van der Waals surface area contributed by atoms with Crippen molar-refractivity contribution in [1.29, 1.82) is 0 Å². The zero-order valence-corrected chi connectivity index (χ0v) is 15.4. The largest absolute Gasteiger partial charge is 0.398 e. The first kappa shape index (κ1) is 17.4. The van der Waals surface area contributed by atoms with Gasteiger partial charge in [-0.2, -0.15) is 0 Å². The third kappa shape index (κ3) is 2.67. The van der Waals surface area contributed by atoms with E-state index in [4.69, 9.17) is 15.4 Å².